The van der Waals surface area contributed by atoms with Crippen LogP contribution in [-0.2, 0) is 16.6 Å². The van der Waals surface area contributed by atoms with Crippen LogP contribution in [0.1, 0.15) is 56.0 Å². The molecule has 2 atom stereocenters. The zero-order valence-corrected chi connectivity index (χ0v) is 22.8. The van der Waals surface area contributed by atoms with E-state index in [1.807, 2.05) is 24.3 Å². The van der Waals surface area contributed by atoms with Crippen molar-refractivity contribution < 1.29 is 13.2 Å². The van der Waals surface area contributed by atoms with Crippen LogP contribution in [0.4, 0.5) is 5.82 Å². The molecule has 0 radical (unpaired) electrons. The summed E-state index contributed by atoms with van der Waals surface area (Å²) in [5.74, 6) is 0.313. The molecule has 1 aromatic heterocycles. The summed E-state index contributed by atoms with van der Waals surface area (Å²) in [6.45, 7) is 8.71. The first-order valence-electron chi connectivity index (χ1n) is 12.6. The second-order valence-corrected chi connectivity index (χ2v) is 12.4. The lowest BCUT2D eigenvalue weighted by Crippen LogP contribution is -2.46. The third-order valence-electron chi connectivity index (χ3n) is 7.68. The normalized spacial score (nSPS) is 22.2. The molecule has 36 heavy (non-hydrogen) atoms. The number of carbonyl (C=O) groups excluding carboxylic acids is 1. The monoisotopic (exact) mass is 533 g/mol. The van der Waals surface area contributed by atoms with Gasteiger partial charge in [-0.3, -0.25) is 4.79 Å². The SMILES string of the molecule is CC1CCN(c2ncccc2C(=O)NS(=O)(=O)N2CC[C@@H](NCCCc3ccc(Cl)cc3)C2)C1(C)C. The predicted molar refractivity (Wildman–Crippen MR) is 144 cm³/mol. The fourth-order valence-electron chi connectivity index (χ4n) is 5.00. The van der Waals surface area contributed by atoms with Gasteiger partial charge in [-0.2, -0.15) is 12.7 Å². The molecule has 0 saturated carbocycles. The number of pyridine rings is 1. The van der Waals surface area contributed by atoms with E-state index in [9.17, 15) is 13.2 Å². The fraction of sp³-hybridized carbons (Fsp3) is 0.538. The lowest BCUT2D eigenvalue weighted by molar-refractivity contribution is 0.0979. The molecule has 2 fully saturated rings. The fourth-order valence-corrected chi connectivity index (χ4v) is 6.32. The van der Waals surface area contributed by atoms with E-state index in [0.29, 0.717) is 31.2 Å². The van der Waals surface area contributed by atoms with Gasteiger partial charge >= 0.3 is 10.2 Å². The summed E-state index contributed by atoms with van der Waals surface area (Å²) >= 11 is 5.93. The Morgan fingerprint density at radius 1 is 1.17 bits per heavy atom. The number of halogens is 1. The average molecular weight is 534 g/mol. The molecule has 1 aromatic carbocycles. The van der Waals surface area contributed by atoms with Crippen molar-refractivity contribution in [2.24, 2.45) is 5.92 Å². The number of anilines is 1. The molecule has 2 saturated heterocycles. The highest BCUT2D eigenvalue weighted by Gasteiger charge is 2.41. The minimum Gasteiger partial charge on any atom is -0.351 e. The molecule has 4 rings (SSSR count). The smallest absolute Gasteiger partial charge is 0.304 e. The third-order valence-corrected chi connectivity index (χ3v) is 9.38. The van der Waals surface area contributed by atoms with E-state index in [0.717, 1.165) is 37.4 Å². The zero-order valence-electron chi connectivity index (χ0n) is 21.2. The van der Waals surface area contributed by atoms with Gasteiger partial charge in [-0.25, -0.2) is 9.71 Å². The highest BCUT2D eigenvalue weighted by molar-refractivity contribution is 7.87. The van der Waals surface area contributed by atoms with Gasteiger partial charge in [0, 0.05) is 42.4 Å². The van der Waals surface area contributed by atoms with E-state index in [4.69, 9.17) is 11.6 Å². The summed E-state index contributed by atoms with van der Waals surface area (Å²) in [6, 6.07) is 11.2. The number of carbonyl (C=O) groups is 1. The topological polar surface area (TPSA) is 94.6 Å². The number of aryl methyl sites for hydroxylation is 1. The molecule has 2 aliphatic rings. The van der Waals surface area contributed by atoms with Gasteiger partial charge in [0.15, 0.2) is 0 Å². The standard InChI is InChI=1S/C26H36ClN5O3S/c1-19-12-17-32(26(19,2)3)24-23(7-5-15-29-24)25(33)30-36(34,35)31-16-13-22(18-31)28-14-4-6-20-8-10-21(27)11-9-20/h5,7-11,15,19,22,28H,4,6,12-14,16-18H2,1-3H3,(H,30,33)/t19?,22-/m1/s1. The van der Waals surface area contributed by atoms with Gasteiger partial charge in [0.05, 0.1) is 5.56 Å². The molecular formula is C26H36ClN5O3S. The van der Waals surface area contributed by atoms with Crippen LogP contribution in [0, 0.1) is 5.92 Å². The Hall–Kier alpha value is -2.20. The molecule has 1 amide bonds. The summed E-state index contributed by atoms with van der Waals surface area (Å²) in [7, 11) is -3.96. The first kappa shape index (κ1) is 26.9. The van der Waals surface area contributed by atoms with Crippen LogP contribution in [0.5, 0.6) is 0 Å². The molecule has 196 valence electrons. The molecule has 2 aromatic rings. The van der Waals surface area contributed by atoms with Crippen molar-refractivity contribution in [1.29, 1.82) is 0 Å². The van der Waals surface area contributed by atoms with Crippen molar-refractivity contribution in [2.45, 2.75) is 58.0 Å². The number of rotatable bonds is 9. The highest BCUT2D eigenvalue weighted by atomic mass is 35.5. The van der Waals surface area contributed by atoms with E-state index in [1.54, 1.807) is 18.3 Å². The predicted octanol–water partition coefficient (Wildman–Crippen LogP) is 3.63. The molecule has 0 aliphatic carbocycles. The van der Waals surface area contributed by atoms with E-state index in [-0.39, 0.29) is 17.1 Å². The number of nitrogens with zero attached hydrogens (tertiary/aromatic N) is 3. The van der Waals surface area contributed by atoms with Gasteiger partial charge in [0.2, 0.25) is 0 Å². The lowest BCUT2D eigenvalue weighted by Gasteiger charge is -2.36. The van der Waals surface area contributed by atoms with Gasteiger partial charge in [0.25, 0.3) is 5.91 Å². The quantitative estimate of drug-likeness (QED) is 0.478. The molecule has 10 heteroatoms. The van der Waals surface area contributed by atoms with Crippen molar-refractivity contribution in [3.8, 4) is 0 Å². The second kappa shape index (κ2) is 11.0. The van der Waals surface area contributed by atoms with Crippen molar-refractivity contribution in [3.05, 3.63) is 58.7 Å². The summed E-state index contributed by atoms with van der Waals surface area (Å²) in [4.78, 5) is 19.7. The van der Waals surface area contributed by atoms with Gasteiger partial charge < -0.3 is 10.2 Å². The molecule has 0 bridgehead atoms. The first-order valence-corrected chi connectivity index (χ1v) is 14.4. The van der Waals surface area contributed by atoms with Gasteiger partial charge in [0.1, 0.15) is 5.82 Å². The van der Waals surface area contributed by atoms with Crippen molar-refractivity contribution in [2.75, 3.05) is 31.1 Å². The summed E-state index contributed by atoms with van der Waals surface area (Å²) < 4.78 is 29.7. The Morgan fingerprint density at radius 3 is 2.61 bits per heavy atom. The number of amides is 1. The van der Waals surface area contributed by atoms with Crippen LogP contribution in [0.2, 0.25) is 5.02 Å². The van der Waals surface area contributed by atoms with E-state index in [2.05, 4.69) is 40.7 Å². The Bertz CT molecular complexity index is 1170. The molecule has 2 N–H and O–H groups in total. The zero-order chi connectivity index (χ0) is 25.9. The van der Waals surface area contributed by atoms with E-state index in [1.165, 1.54) is 9.87 Å². The molecule has 0 spiro atoms. The highest BCUT2D eigenvalue weighted by Crippen LogP contribution is 2.38. The van der Waals surface area contributed by atoms with Gasteiger partial charge in [-0.05, 0) is 81.8 Å². The minimum absolute atomic E-state index is 0.0581. The van der Waals surface area contributed by atoms with Crippen LogP contribution in [0.3, 0.4) is 0 Å². The molecule has 1 unspecified atom stereocenters. The maximum Gasteiger partial charge on any atom is 0.304 e. The summed E-state index contributed by atoms with van der Waals surface area (Å²) in [6.07, 6.45) is 5.20. The van der Waals surface area contributed by atoms with Gasteiger partial charge in [-0.1, -0.05) is 30.7 Å². The summed E-state index contributed by atoms with van der Waals surface area (Å²) in [5, 5.41) is 4.18. The largest absolute Gasteiger partial charge is 0.351 e. The Balaban J connectivity index is 1.32. The number of benzene rings is 1. The van der Waals surface area contributed by atoms with E-state index >= 15 is 0 Å². The van der Waals surface area contributed by atoms with Crippen LogP contribution in [0.15, 0.2) is 42.6 Å². The maximum atomic E-state index is 13.1. The summed E-state index contributed by atoms with van der Waals surface area (Å²) in [5.41, 5.74) is 1.32. The van der Waals surface area contributed by atoms with Crippen LogP contribution in [0.25, 0.3) is 0 Å². The molecular weight excluding hydrogens is 498 g/mol. The molecule has 2 aliphatic heterocycles. The number of hydrogen-bond donors (Lipinski definition) is 2. The van der Waals surface area contributed by atoms with Gasteiger partial charge in [-0.15, -0.1) is 0 Å². The number of nitrogens with one attached hydrogen (secondary N) is 2. The third kappa shape index (κ3) is 6.02. The van der Waals surface area contributed by atoms with Crippen molar-refractivity contribution in [3.63, 3.8) is 0 Å². The Morgan fingerprint density at radius 2 is 1.92 bits per heavy atom. The number of hydrogen-bond acceptors (Lipinski definition) is 6. The Kier molecular flexibility index (Phi) is 8.24. The van der Waals surface area contributed by atoms with Crippen LogP contribution >= 0.6 is 11.6 Å². The van der Waals surface area contributed by atoms with Crippen molar-refractivity contribution >= 4 is 33.5 Å². The molecule has 3 heterocycles. The van der Waals surface area contributed by atoms with Crippen LogP contribution < -0.4 is 14.9 Å². The first-order chi connectivity index (χ1) is 17.1. The van der Waals surface area contributed by atoms with Crippen LogP contribution in [-0.4, -0.2) is 61.4 Å². The lowest BCUT2D eigenvalue weighted by atomic mass is 9.90. The maximum absolute atomic E-state index is 13.1. The average Bonchev–Trinajstić information content (AvgIpc) is 3.42. The molecule has 8 nitrogen and oxygen atoms in total. The van der Waals surface area contributed by atoms with Crippen molar-refractivity contribution in [1.82, 2.24) is 19.3 Å². The number of aromatic nitrogens is 1. The minimum atomic E-state index is -3.96. The second-order valence-electron chi connectivity index (χ2n) is 10.3. The Labute approximate surface area is 219 Å². The van der Waals surface area contributed by atoms with E-state index < -0.39 is 16.1 Å².